The molecule has 0 bridgehead atoms. The quantitative estimate of drug-likeness (QED) is 0.347. The minimum absolute atomic E-state index is 0. The topological polar surface area (TPSA) is 80.3 Å². The van der Waals surface area contributed by atoms with Crippen LogP contribution in [0.25, 0.3) is 0 Å². The predicted octanol–water partition coefficient (Wildman–Crippen LogP) is -5.99. The molecule has 0 aliphatic heterocycles. The van der Waals surface area contributed by atoms with Crippen molar-refractivity contribution in [3.63, 3.8) is 0 Å². The van der Waals surface area contributed by atoms with Crippen LogP contribution in [0, 0.1) is 0 Å². The van der Waals surface area contributed by atoms with Crippen molar-refractivity contribution in [1.29, 1.82) is 0 Å². The average molecular weight is 179 g/mol. The van der Waals surface area contributed by atoms with Crippen molar-refractivity contribution in [1.82, 2.24) is 0 Å². The van der Waals surface area contributed by atoms with E-state index in [-0.39, 0.29) is 67.3 Å². The fourth-order valence-electron chi connectivity index (χ4n) is 0. The Labute approximate surface area is 95.0 Å². The summed E-state index contributed by atoms with van der Waals surface area (Å²) >= 11 is -5.75. The molecular weight excluding hydrogens is 179 g/mol. The molecule has 0 fully saturated rings. The fourth-order valence-corrected chi connectivity index (χ4v) is 0. The van der Waals surface area contributed by atoms with Gasteiger partial charge in [0.1, 0.15) is 0 Å². The van der Waals surface area contributed by atoms with Gasteiger partial charge in [0.2, 0.25) is 0 Å². The number of hydrogen-bond acceptors (Lipinski definition) is 4. The van der Waals surface area contributed by atoms with Gasteiger partial charge in [-0.25, -0.2) is 0 Å². The molecule has 0 radical (unpaired) electrons. The number of rotatable bonds is 0. The van der Waals surface area contributed by atoms with Gasteiger partial charge in [-0.1, -0.05) is 0 Å². The maximum absolute atomic E-state index is 8.59. The van der Waals surface area contributed by atoms with Gasteiger partial charge < -0.3 is 0 Å². The van der Waals surface area contributed by atoms with Crippen molar-refractivity contribution in [3.8, 4) is 0 Å². The molecule has 0 aliphatic rings. The molecule has 0 saturated heterocycles. The summed E-state index contributed by atoms with van der Waals surface area (Å²) in [6.07, 6.45) is 0. The molecule has 0 rings (SSSR count). The Hall–Kier alpha value is 2.31. The van der Waals surface area contributed by atoms with Gasteiger partial charge in [0.25, 0.3) is 0 Å². The van der Waals surface area contributed by atoms with Gasteiger partial charge in [0.15, 0.2) is 0 Å². The van der Waals surface area contributed by atoms with Gasteiger partial charge in [-0.3, -0.25) is 0 Å². The van der Waals surface area contributed by atoms with Crippen molar-refractivity contribution in [2.45, 2.75) is 0 Å². The third kappa shape index (κ3) is 61.9. The first-order valence-corrected chi connectivity index (χ1v) is 2.75. The second kappa shape index (κ2) is 6.43. The Morgan fingerprint density at radius 3 is 1.14 bits per heavy atom. The van der Waals surface area contributed by atoms with Crippen molar-refractivity contribution in [2.24, 2.45) is 0 Å². The van der Waals surface area contributed by atoms with Gasteiger partial charge in [-0.05, 0) is 0 Å². The monoisotopic (exact) mass is 179 g/mol. The van der Waals surface area contributed by atoms with Crippen molar-refractivity contribution in [2.75, 3.05) is 0 Å². The molecule has 4 nitrogen and oxygen atoms in total. The molecule has 0 heterocycles. The van der Waals surface area contributed by atoms with Crippen LogP contribution in [0.2, 0.25) is 0 Å². The summed E-state index contributed by atoms with van der Waals surface area (Å²) in [5.74, 6) is 0. The first-order valence-electron chi connectivity index (χ1n) is 0.667. The van der Waals surface area contributed by atoms with E-state index >= 15 is 0 Å². The van der Waals surface area contributed by atoms with E-state index in [1.807, 2.05) is 0 Å². The van der Waals surface area contributed by atoms with Crippen LogP contribution in [-0.4, -0.2) is 37.7 Å². The van der Waals surface area contributed by atoms with Gasteiger partial charge in [-0.2, -0.15) is 0 Å². The molecule has 0 aromatic rings. The van der Waals surface area contributed by atoms with Crippen LogP contribution < -0.4 is 37.9 Å². The van der Waals surface area contributed by atoms with E-state index in [1.165, 1.54) is 0 Å². The summed E-state index contributed by atoms with van der Waals surface area (Å²) in [7, 11) is 0. The Morgan fingerprint density at radius 2 is 1.14 bits per heavy atom. The zero-order valence-corrected chi connectivity index (χ0v) is 9.23. The van der Waals surface area contributed by atoms with Gasteiger partial charge >= 0.3 is 96.8 Å². The van der Waals surface area contributed by atoms with Gasteiger partial charge in [-0.15, -0.1) is 0 Å². The third-order valence-corrected chi connectivity index (χ3v) is 0. The summed E-state index contributed by atoms with van der Waals surface area (Å²) < 4.78 is 34.4. The van der Waals surface area contributed by atoms with Crippen LogP contribution in [0.15, 0.2) is 0 Å². The molecule has 0 aromatic carbocycles. The summed E-state index contributed by atoms with van der Waals surface area (Å²) in [4.78, 5) is 0. The maximum atomic E-state index is 8.59. The summed E-state index contributed by atoms with van der Waals surface area (Å²) in [5.41, 5.74) is 0. The molecule has 7 heteroatoms. The van der Waals surface area contributed by atoms with Crippen LogP contribution in [0.4, 0.5) is 0 Å². The number of hydrogen-bond donors (Lipinski definition) is 0. The fraction of sp³-hybridized carbons (Fsp3) is 0. The molecule has 0 aromatic heterocycles. The SMILES string of the molecule is [Ca+2].[Na+].[O]=[Cr](=[O])([O-])[O-]. The molecule has 0 amide bonds. The van der Waals surface area contributed by atoms with Crippen LogP contribution in [0.3, 0.4) is 0 Å². The summed E-state index contributed by atoms with van der Waals surface area (Å²) in [6.45, 7) is 0. The molecule has 0 unspecified atom stereocenters. The Kier molecular flexibility index (Phi) is 14.8. The zero-order chi connectivity index (χ0) is 4.50. The first-order chi connectivity index (χ1) is 2.00. The summed E-state index contributed by atoms with van der Waals surface area (Å²) in [6, 6.07) is 0. The Balaban J connectivity index is -0.0000000800. The van der Waals surface area contributed by atoms with Crippen molar-refractivity contribution >= 4 is 37.7 Å². The van der Waals surface area contributed by atoms with Crippen LogP contribution in [-0.2, 0) is 21.2 Å². The normalized spacial score (nSPS) is 8.29. The van der Waals surface area contributed by atoms with Crippen LogP contribution >= 0.6 is 0 Å². The van der Waals surface area contributed by atoms with Crippen LogP contribution in [0.1, 0.15) is 0 Å². The molecule has 0 spiro atoms. The predicted molar refractivity (Wildman–Crippen MR) is 7.13 cm³/mol. The molecule has 0 saturated carbocycles. The van der Waals surface area contributed by atoms with E-state index < -0.39 is 13.6 Å². The van der Waals surface area contributed by atoms with E-state index in [0.29, 0.717) is 0 Å². The molecule has 32 valence electrons. The van der Waals surface area contributed by atoms with E-state index in [0.717, 1.165) is 0 Å². The van der Waals surface area contributed by atoms with E-state index in [1.54, 1.807) is 0 Å². The average Bonchev–Trinajstić information content (AvgIpc) is 0.722. The third-order valence-electron chi connectivity index (χ3n) is 0. The van der Waals surface area contributed by atoms with E-state index in [4.69, 9.17) is 15.9 Å². The molecule has 0 N–H and O–H groups in total. The van der Waals surface area contributed by atoms with Crippen molar-refractivity contribution in [3.05, 3.63) is 0 Å². The zero-order valence-electron chi connectivity index (χ0n) is 3.75. The standard InChI is InChI=1S/Ca.Cr.Na.4O/q+2;;+1;;;2*-1. The first kappa shape index (κ1) is 16.1. The molecule has 7 heavy (non-hydrogen) atoms. The minimum atomic E-state index is -5.75. The summed E-state index contributed by atoms with van der Waals surface area (Å²) in [5, 5.41) is 0. The molecule has 0 aliphatic carbocycles. The second-order valence-electron chi connectivity index (χ2n) is 0.408. The van der Waals surface area contributed by atoms with Crippen LogP contribution in [0.5, 0.6) is 0 Å². The van der Waals surface area contributed by atoms with Crippen molar-refractivity contribution < 1.29 is 59.1 Å². The van der Waals surface area contributed by atoms with Gasteiger partial charge in [0, 0.05) is 0 Å². The second-order valence-corrected chi connectivity index (χ2v) is 1.68. The Morgan fingerprint density at radius 1 is 1.14 bits per heavy atom. The Bertz CT molecular complexity index is 94.9. The van der Waals surface area contributed by atoms with Gasteiger partial charge in [0.05, 0.1) is 0 Å². The molecule has 0 atom stereocenters. The molecular formula is CaCrNaO4+. The van der Waals surface area contributed by atoms with E-state index in [9.17, 15) is 0 Å². The van der Waals surface area contributed by atoms with E-state index in [2.05, 4.69) is 0 Å².